The van der Waals surface area contributed by atoms with Crippen molar-refractivity contribution in [3.05, 3.63) is 34.9 Å². The molecular formula is C10H13Cl2N. The van der Waals surface area contributed by atoms with Crippen molar-refractivity contribution >= 4 is 24.0 Å². The maximum absolute atomic E-state index is 6.04. The number of halogens is 2. The lowest BCUT2D eigenvalue weighted by Gasteiger charge is -2.33. The van der Waals surface area contributed by atoms with E-state index in [1.807, 2.05) is 18.2 Å². The molecule has 0 amide bonds. The molecule has 1 aliphatic rings. The second-order valence-electron chi connectivity index (χ2n) is 3.45. The van der Waals surface area contributed by atoms with Gasteiger partial charge in [-0.1, -0.05) is 29.8 Å². The van der Waals surface area contributed by atoms with Crippen LogP contribution in [0.2, 0.25) is 5.02 Å². The fourth-order valence-corrected chi connectivity index (χ4v) is 2.01. The van der Waals surface area contributed by atoms with Crippen LogP contribution in [-0.4, -0.2) is 6.04 Å². The van der Waals surface area contributed by atoms with E-state index >= 15 is 0 Å². The molecule has 1 aliphatic carbocycles. The Balaban J connectivity index is 0.000000845. The maximum Gasteiger partial charge on any atom is 0.0440 e. The molecule has 0 spiro atoms. The van der Waals surface area contributed by atoms with Crippen molar-refractivity contribution in [3.63, 3.8) is 0 Å². The highest BCUT2D eigenvalue weighted by Crippen LogP contribution is 2.38. The Hall–Kier alpha value is -0.240. The Morgan fingerprint density at radius 1 is 1.23 bits per heavy atom. The molecule has 0 unspecified atom stereocenters. The minimum atomic E-state index is 0. The topological polar surface area (TPSA) is 26.0 Å². The van der Waals surface area contributed by atoms with Crippen LogP contribution in [0.3, 0.4) is 0 Å². The predicted octanol–water partition coefficient (Wildman–Crippen LogP) is 2.97. The molecule has 0 atom stereocenters. The number of benzene rings is 1. The highest BCUT2D eigenvalue weighted by Gasteiger charge is 2.28. The van der Waals surface area contributed by atoms with Gasteiger partial charge in [0.25, 0.3) is 0 Å². The molecule has 13 heavy (non-hydrogen) atoms. The van der Waals surface area contributed by atoms with Gasteiger partial charge in [-0.2, -0.15) is 0 Å². The Morgan fingerprint density at radius 3 is 2.38 bits per heavy atom. The zero-order valence-corrected chi connectivity index (χ0v) is 8.81. The van der Waals surface area contributed by atoms with Gasteiger partial charge in [0.05, 0.1) is 0 Å². The highest BCUT2D eigenvalue weighted by molar-refractivity contribution is 6.31. The molecule has 0 radical (unpaired) electrons. The quantitative estimate of drug-likeness (QED) is 0.770. The van der Waals surface area contributed by atoms with Crippen LogP contribution in [0, 0.1) is 0 Å². The molecule has 1 fully saturated rings. The lowest BCUT2D eigenvalue weighted by atomic mass is 9.76. The molecule has 0 saturated heterocycles. The molecule has 1 saturated carbocycles. The first-order chi connectivity index (χ1) is 5.77. The third-order valence-electron chi connectivity index (χ3n) is 2.52. The van der Waals surface area contributed by atoms with Gasteiger partial charge in [0.15, 0.2) is 0 Å². The molecule has 0 aliphatic heterocycles. The number of rotatable bonds is 1. The van der Waals surface area contributed by atoms with Crippen LogP contribution in [-0.2, 0) is 0 Å². The summed E-state index contributed by atoms with van der Waals surface area (Å²) in [7, 11) is 0. The van der Waals surface area contributed by atoms with E-state index in [1.54, 1.807) is 0 Å². The van der Waals surface area contributed by atoms with E-state index in [0.717, 1.165) is 17.9 Å². The van der Waals surface area contributed by atoms with Crippen molar-refractivity contribution in [2.45, 2.75) is 24.8 Å². The Bertz CT molecular complexity index is 282. The van der Waals surface area contributed by atoms with E-state index < -0.39 is 0 Å². The zero-order valence-electron chi connectivity index (χ0n) is 7.24. The van der Waals surface area contributed by atoms with Crippen molar-refractivity contribution < 1.29 is 0 Å². The van der Waals surface area contributed by atoms with Gasteiger partial charge in [-0.25, -0.2) is 0 Å². The standard InChI is InChI=1S/C10H12ClN.ClH/c11-10-4-2-1-3-9(10)7-5-8(12)6-7;/h1-4,7-8H,5-6,12H2;1H. The molecule has 0 heterocycles. The van der Waals surface area contributed by atoms with E-state index in [2.05, 4.69) is 6.07 Å². The van der Waals surface area contributed by atoms with Gasteiger partial charge in [-0.05, 0) is 30.4 Å². The Morgan fingerprint density at radius 2 is 1.85 bits per heavy atom. The van der Waals surface area contributed by atoms with Crippen molar-refractivity contribution in [2.24, 2.45) is 5.73 Å². The highest BCUT2D eigenvalue weighted by atomic mass is 35.5. The minimum absolute atomic E-state index is 0. The lowest BCUT2D eigenvalue weighted by Crippen LogP contribution is -2.34. The number of nitrogens with two attached hydrogens (primary N) is 1. The van der Waals surface area contributed by atoms with Gasteiger partial charge in [0.2, 0.25) is 0 Å². The third-order valence-corrected chi connectivity index (χ3v) is 2.86. The molecule has 1 aromatic rings. The SMILES string of the molecule is Cl.NC1CC(c2ccccc2Cl)C1. The zero-order chi connectivity index (χ0) is 8.55. The fraction of sp³-hybridized carbons (Fsp3) is 0.400. The first-order valence-corrected chi connectivity index (χ1v) is 4.65. The normalized spacial score (nSPS) is 26.0. The summed E-state index contributed by atoms with van der Waals surface area (Å²) in [4.78, 5) is 0. The van der Waals surface area contributed by atoms with Crippen molar-refractivity contribution in [1.82, 2.24) is 0 Å². The third kappa shape index (κ3) is 2.16. The molecule has 0 bridgehead atoms. The van der Waals surface area contributed by atoms with Gasteiger partial charge >= 0.3 is 0 Å². The van der Waals surface area contributed by atoms with Crippen LogP contribution in [0.25, 0.3) is 0 Å². The van der Waals surface area contributed by atoms with E-state index in [1.165, 1.54) is 5.56 Å². The molecule has 1 nitrogen and oxygen atoms in total. The van der Waals surface area contributed by atoms with E-state index in [0.29, 0.717) is 12.0 Å². The summed E-state index contributed by atoms with van der Waals surface area (Å²) in [5.41, 5.74) is 6.98. The predicted molar refractivity (Wildman–Crippen MR) is 58.7 cm³/mol. The number of hydrogen-bond acceptors (Lipinski definition) is 1. The van der Waals surface area contributed by atoms with Gasteiger partial charge in [0, 0.05) is 11.1 Å². The molecule has 2 N–H and O–H groups in total. The van der Waals surface area contributed by atoms with Crippen LogP contribution in [0.15, 0.2) is 24.3 Å². The average Bonchev–Trinajstić information content (AvgIpc) is 2.01. The summed E-state index contributed by atoms with van der Waals surface area (Å²) >= 11 is 6.04. The molecule has 0 aromatic heterocycles. The Kier molecular flexibility index (Phi) is 3.60. The summed E-state index contributed by atoms with van der Waals surface area (Å²) in [6, 6.07) is 8.43. The van der Waals surface area contributed by atoms with Crippen molar-refractivity contribution in [1.29, 1.82) is 0 Å². The minimum Gasteiger partial charge on any atom is -0.328 e. The summed E-state index contributed by atoms with van der Waals surface area (Å²) in [6.07, 6.45) is 2.17. The van der Waals surface area contributed by atoms with E-state index in [9.17, 15) is 0 Å². The van der Waals surface area contributed by atoms with Crippen LogP contribution >= 0.6 is 24.0 Å². The second-order valence-corrected chi connectivity index (χ2v) is 3.86. The van der Waals surface area contributed by atoms with Crippen molar-refractivity contribution in [2.75, 3.05) is 0 Å². The summed E-state index contributed by atoms with van der Waals surface area (Å²) in [5, 5.41) is 0.884. The summed E-state index contributed by atoms with van der Waals surface area (Å²) in [5.74, 6) is 0.605. The fourth-order valence-electron chi connectivity index (χ4n) is 1.72. The van der Waals surface area contributed by atoms with E-state index in [-0.39, 0.29) is 12.4 Å². The lowest BCUT2D eigenvalue weighted by molar-refractivity contribution is 0.351. The largest absolute Gasteiger partial charge is 0.328 e. The summed E-state index contributed by atoms with van der Waals surface area (Å²) in [6.45, 7) is 0. The Labute approximate surface area is 89.7 Å². The van der Waals surface area contributed by atoms with Gasteiger partial charge in [0.1, 0.15) is 0 Å². The van der Waals surface area contributed by atoms with Gasteiger partial charge in [-0.3, -0.25) is 0 Å². The second kappa shape index (κ2) is 4.32. The smallest absolute Gasteiger partial charge is 0.0440 e. The van der Waals surface area contributed by atoms with Crippen LogP contribution in [0.5, 0.6) is 0 Å². The van der Waals surface area contributed by atoms with E-state index in [4.69, 9.17) is 17.3 Å². The van der Waals surface area contributed by atoms with Gasteiger partial charge in [-0.15, -0.1) is 12.4 Å². The first kappa shape index (κ1) is 10.8. The molecule has 72 valence electrons. The van der Waals surface area contributed by atoms with Crippen LogP contribution in [0.1, 0.15) is 24.3 Å². The summed E-state index contributed by atoms with van der Waals surface area (Å²) < 4.78 is 0. The monoisotopic (exact) mass is 217 g/mol. The van der Waals surface area contributed by atoms with Crippen molar-refractivity contribution in [3.8, 4) is 0 Å². The van der Waals surface area contributed by atoms with Crippen LogP contribution < -0.4 is 5.73 Å². The molecule has 3 heteroatoms. The number of hydrogen-bond donors (Lipinski definition) is 1. The van der Waals surface area contributed by atoms with Gasteiger partial charge < -0.3 is 5.73 Å². The molecule has 2 rings (SSSR count). The maximum atomic E-state index is 6.04. The molecule has 1 aromatic carbocycles. The molecular weight excluding hydrogens is 205 g/mol. The average molecular weight is 218 g/mol. The van der Waals surface area contributed by atoms with Crippen LogP contribution in [0.4, 0.5) is 0 Å². The first-order valence-electron chi connectivity index (χ1n) is 4.27.